The molecule has 2 bridgehead atoms. The van der Waals surface area contributed by atoms with Gasteiger partial charge in [-0.3, -0.25) is 10.1 Å². The summed E-state index contributed by atoms with van der Waals surface area (Å²) in [4.78, 5) is 10.1. The Hall–Kier alpha value is -1.42. The second-order valence-electron chi connectivity index (χ2n) is 6.02. The van der Waals surface area contributed by atoms with E-state index < -0.39 is 14.9 Å². The number of nitro groups is 1. The fourth-order valence-electron chi connectivity index (χ4n) is 3.43. The minimum absolute atomic E-state index is 0. The molecule has 10 heteroatoms. The molecule has 0 amide bonds. The molecule has 1 aromatic carbocycles. The van der Waals surface area contributed by atoms with Crippen molar-refractivity contribution in [2.24, 2.45) is 0 Å². The lowest BCUT2D eigenvalue weighted by atomic mass is 10.0. The Labute approximate surface area is 146 Å². The van der Waals surface area contributed by atoms with Gasteiger partial charge in [0, 0.05) is 24.2 Å². The summed E-state index contributed by atoms with van der Waals surface area (Å²) >= 11 is 0. The van der Waals surface area contributed by atoms with E-state index in [9.17, 15) is 18.5 Å². The summed E-state index contributed by atoms with van der Waals surface area (Å²) < 4.78 is 33.0. The molecule has 2 heterocycles. The van der Waals surface area contributed by atoms with Gasteiger partial charge in [-0.15, -0.1) is 12.4 Å². The SMILES string of the molecule is COc1cc([N+](=O)[O-])ccc1S(=O)(=O)NC1CC2CCC(C1)N2.Cl. The van der Waals surface area contributed by atoms with Gasteiger partial charge >= 0.3 is 0 Å². The van der Waals surface area contributed by atoms with Gasteiger partial charge in [0.15, 0.2) is 0 Å². The minimum Gasteiger partial charge on any atom is -0.495 e. The van der Waals surface area contributed by atoms with Crippen molar-refractivity contribution in [1.29, 1.82) is 0 Å². The molecule has 2 saturated heterocycles. The molecular weight excluding hydrogens is 358 g/mol. The Bertz CT molecular complexity index is 715. The van der Waals surface area contributed by atoms with Crippen LogP contribution in [0.4, 0.5) is 5.69 Å². The molecule has 2 aliphatic rings. The number of nitro benzene ring substituents is 1. The van der Waals surface area contributed by atoms with Crippen molar-refractivity contribution in [3.8, 4) is 5.75 Å². The van der Waals surface area contributed by atoms with Gasteiger partial charge in [0.2, 0.25) is 10.0 Å². The highest BCUT2D eigenvalue weighted by molar-refractivity contribution is 7.89. The van der Waals surface area contributed by atoms with Gasteiger partial charge in [0.1, 0.15) is 10.6 Å². The number of methoxy groups -OCH3 is 1. The average molecular weight is 378 g/mol. The zero-order valence-electron chi connectivity index (χ0n) is 13.1. The third-order valence-corrected chi connectivity index (χ3v) is 6.00. The molecule has 0 spiro atoms. The van der Waals surface area contributed by atoms with Crippen LogP contribution in [-0.4, -0.2) is 38.6 Å². The van der Waals surface area contributed by atoms with Gasteiger partial charge in [-0.2, -0.15) is 0 Å². The Morgan fingerprint density at radius 1 is 1.29 bits per heavy atom. The molecule has 3 rings (SSSR count). The number of hydrogen-bond acceptors (Lipinski definition) is 6. The summed E-state index contributed by atoms with van der Waals surface area (Å²) in [6.07, 6.45) is 3.66. The second-order valence-corrected chi connectivity index (χ2v) is 7.70. The molecule has 0 radical (unpaired) electrons. The molecule has 0 saturated carbocycles. The van der Waals surface area contributed by atoms with Crippen LogP contribution in [0.25, 0.3) is 0 Å². The Balaban J connectivity index is 0.00000208. The molecule has 0 aliphatic carbocycles. The molecular formula is C14H20ClN3O5S. The van der Waals surface area contributed by atoms with E-state index in [-0.39, 0.29) is 34.8 Å². The normalized spacial score (nSPS) is 25.8. The number of fused-ring (bicyclic) bond motifs is 2. The summed E-state index contributed by atoms with van der Waals surface area (Å²) in [7, 11) is -2.50. The molecule has 0 aromatic heterocycles. The largest absolute Gasteiger partial charge is 0.495 e. The summed E-state index contributed by atoms with van der Waals surface area (Å²) in [5, 5.41) is 14.3. The van der Waals surface area contributed by atoms with E-state index in [0.717, 1.165) is 31.7 Å². The van der Waals surface area contributed by atoms with E-state index in [1.54, 1.807) is 0 Å². The maximum Gasteiger partial charge on any atom is 0.273 e. The van der Waals surface area contributed by atoms with E-state index in [4.69, 9.17) is 4.74 Å². The predicted octanol–water partition coefficient (Wildman–Crippen LogP) is 1.59. The van der Waals surface area contributed by atoms with Crippen molar-refractivity contribution in [2.75, 3.05) is 7.11 Å². The van der Waals surface area contributed by atoms with Crippen molar-refractivity contribution in [2.45, 2.75) is 48.7 Å². The molecule has 2 aliphatic heterocycles. The van der Waals surface area contributed by atoms with Crippen LogP contribution >= 0.6 is 12.4 Å². The Kier molecular flexibility index (Phi) is 5.69. The Morgan fingerprint density at radius 2 is 1.92 bits per heavy atom. The monoisotopic (exact) mass is 377 g/mol. The van der Waals surface area contributed by atoms with Gasteiger partial charge in [-0.1, -0.05) is 0 Å². The van der Waals surface area contributed by atoms with Crippen LogP contribution in [0.3, 0.4) is 0 Å². The summed E-state index contributed by atoms with van der Waals surface area (Å²) in [5.41, 5.74) is -0.208. The number of rotatable bonds is 5. The molecule has 1 aromatic rings. The lowest BCUT2D eigenvalue weighted by Crippen LogP contribution is -2.47. The fraction of sp³-hybridized carbons (Fsp3) is 0.571. The third kappa shape index (κ3) is 3.80. The number of piperidine rings is 1. The van der Waals surface area contributed by atoms with Gasteiger partial charge in [-0.05, 0) is 31.7 Å². The molecule has 24 heavy (non-hydrogen) atoms. The maximum absolute atomic E-state index is 12.6. The van der Waals surface area contributed by atoms with E-state index in [0.29, 0.717) is 12.1 Å². The Morgan fingerprint density at radius 3 is 2.46 bits per heavy atom. The van der Waals surface area contributed by atoms with Crippen LogP contribution in [0.5, 0.6) is 5.75 Å². The van der Waals surface area contributed by atoms with Crippen molar-refractivity contribution in [1.82, 2.24) is 10.0 Å². The predicted molar refractivity (Wildman–Crippen MR) is 90.2 cm³/mol. The average Bonchev–Trinajstić information content (AvgIpc) is 2.85. The van der Waals surface area contributed by atoms with Crippen LogP contribution in [0.15, 0.2) is 23.1 Å². The van der Waals surface area contributed by atoms with Crippen molar-refractivity contribution in [3.63, 3.8) is 0 Å². The zero-order valence-corrected chi connectivity index (χ0v) is 14.7. The van der Waals surface area contributed by atoms with Crippen LogP contribution < -0.4 is 14.8 Å². The number of halogens is 1. The number of ether oxygens (including phenoxy) is 1. The van der Waals surface area contributed by atoms with Crippen LogP contribution in [-0.2, 0) is 10.0 Å². The van der Waals surface area contributed by atoms with E-state index in [1.807, 2.05) is 0 Å². The van der Waals surface area contributed by atoms with Gasteiger partial charge in [0.25, 0.3) is 5.69 Å². The lowest BCUT2D eigenvalue weighted by molar-refractivity contribution is -0.385. The molecule has 2 N–H and O–H groups in total. The van der Waals surface area contributed by atoms with Crippen molar-refractivity contribution >= 4 is 28.1 Å². The van der Waals surface area contributed by atoms with Gasteiger partial charge in [-0.25, -0.2) is 13.1 Å². The fourth-order valence-corrected chi connectivity index (χ4v) is 4.84. The topological polar surface area (TPSA) is 111 Å². The number of nitrogens with zero attached hydrogens (tertiary/aromatic N) is 1. The first kappa shape index (κ1) is 18.9. The molecule has 134 valence electrons. The molecule has 2 atom stereocenters. The first-order valence-corrected chi connectivity index (χ1v) is 8.98. The number of hydrogen-bond donors (Lipinski definition) is 2. The zero-order chi connectivity index (χ0) is 16.6. The second kappa shape index (κ2) is 7.22. The number of non-ortho nitro benzene ring substituents is 1. The highest BCUT2D eigenvalue weighted by Crippen LogP contribution is 2.31. The first-order chi connectivity index (χ1) is 10.9. The number of nitrogens with one attached hydrogen (secondary N) is 2. The highest BCUT2D eigenvalue weighted by atomic mass is 35.5. The third-order valence-electron chi connectivity index (χ3n) is 4.44. The van der Waals surface area contributed by atoms with E-state index in [2.05, 4.69) is 10.0 Å². The quantitative estimate of drug-likeness (QED) is 0.595. The van der Waals surface area contributed by atoms with Crippen LogP contribution in [0.1, 0.15) is 25.7 Å². The van der Waals surface area contributed by atoms with Crippen molar-refractivity contribution in [3.05, 3.63) is 28.3 Å². The molecule has 2 unspecified atom stereocenters. The lowest BCUT2D eigenvalue weighted by Gasteiger charge is -2.29. The summed E-state index contributed by atoms with van der Waals surface area (Å²) in [6, 6.07) is 4.11. The number of sulfonamides is 1. The number of benzene rings is 1. The summed E-state index contributed by atoms with van der Waals surface area (Å²) in [5.74, 6) is -0.0244. The highest BCUT2D eigenvalue weighted by Gasteiger charge is 2.36. The summed E-state index contributed by atoms with van der Waals surface area (Å²) in [6.45, 7) is 0. The van der Waals surface area contributed by atoms with E-state index >= 15 is 0 Å². The minimum atomic E-state index is -3.79. The van der Waals surface area contributed by atoms with Gasteiger partial charge < -0.3 is 10.1 Å². The van der Waals surface area contributed by atoms with Crippen LogP contribution in [0.2, 0.25) is 0 Å². The van der Waals surface area contributed by atoms with E-state index in [1.165, 1.54) is 19.2 Å². The maximum atomic E-state index is 12.6. The first-order valence-electron chi connectivity index (χ1n) is 7.50. The van der Waals surface area contributed by atoms with Gasteiger partial charge in [0.05, 0.1) is 18.1 Å². The van der Waals surface area contributed by atoms with Crippen molar-refractivity contribution < 1.29 is 18.1 Å². The molecule has 2 fully saturated rings. The van der Waals surface area contributed by atoms with Crippen LogP contribution in [0, 0.1) is 10.1 Å². The smallest absolute Gasteiger partial charge is 0.273 e. The standard InChI is InChI=1S/C14H19N3O5S.ClH/c1-22-13-8-12(17(18)19)4-5-14(13)23(20,21)16-11-6-9-2-3-10(7-11)15-9;/h4-5,8-11,15-16H,2-3,6-7H2,1H3;1H. The molecule has 8 nitrogen and oxygen atoms in total.